The van der Waals surface area contributed by atoms with Gasteiger partial charge in [0.25, 0.3) is 0 Å². The third-order valence-corrected chi connectivity index (χ3v) is 9.18. The fraction of sp³-hybridized carbons (Fsp3) is 0.161. The Balaban J connectivity index is 0.000000296. The van der Waals surface area contributed by atoms with Crippen LogP contribution in [0.3, 0.4) is 0 Å². The molecule has 0 aliphatic heterocycles. The number of nitrogens with zero attached hydrogens (tertiary/aromatic N) is 7. The van der Waals surface area contributed by atoms with Crippen LogP contribution in [0.4, 0.5) is 32.1 Å². The molecule has 12 nitrogen and oxygen atoms in total. The molecule has 2 aromatic carbocycles. The van der Waals surface area contributed by atoms with Gasteiger partial charge in [-0.05, 0) is 108 Å². The maximum absolute atomic E-state index is 13.2. The quantitative estimate of drug-likeness (QED) is 0.136. The Morgan fingerprint density at radius 2 is 1.33 bits per heavy atom. The fourth-order valence-corrected chi connectivity index (χ4v) is 6.49. The van der Waals surface area contributed by atoms with Gasteiger partial charge in [0.05, 0.1) is 30.4 Å². The molecular weight excluding hydrogens is 868 g/mol. The van der Waals surface area contributed by atoms with E-state index in [1.54, 1.807) is 16.9 Å². The third kappa shape index (κ3) is 12.3. The minimum absolute atomic E-state index is 0. The molecule has 6 rings (SSSR count). The molecule has 264 valence electrons. The van der Waals surface area contributed by atoms with Crippen LogP contribution in [0.2, 0.25) is 10.0 Å². The van der Waals surface area contributed by atoms with Crippen molar-refractivity contribution in [3.8, 4) is 5.82 Å². The van der Waals surface area contributed by atoms with Crippen molar-refractivity contribution >= 4 is 88.2 Å². The Morgan fingerprint density at radius 3 is 1.75 bits per heavy atom. The molecule has 4 aromatic heterocycles. The summed E-state index contributed by atoms with van der Waals surface area (Å²) in [5, 5.41) is 16.7. The molecule has 51 heavy (non-hydrogen) atoms. The second kappa shape index (κ2) is 18.6. The van der Waals surface area contributed by atoms with Crippen LogP contribution < -0.4 is 40.2 Å². The molecule has 6 aromatic rings. The molecule has 0 saturated carbocycles. The second-order valence-electron chi connectivity index (χ2n) is 10.5. The van der Waals surface area contributed by atoms with Crippen molar-refractivity contribution in [3.05, 3.63) is 114 Å². The number of nitrogens with one attached hydrogen (secondary N) is 3. The van der Waals surface area contributed by atoms with Crippen LogP contribution in [0, 0.1) is 39.3 Å². The maximum atomic E-state index is 13.2. The Hall–Kier alpha value is -3.03. The summed E-state index contributed by atoms with van der Waals surface area (Å²) in [5.41, 5.74) is 5.07. The minimum atomic E-state index is -3.49. The number of anilines is 4. The molecule has 4 heterocycles. The SMILES string of the molecule is CS(=O)(=O)c1nc(Nc2ccc(F)c(Cl)c2)ncc1Br.Cc1cc(C)[nH]n1.Cc1cc(C)n(-c2nc(Nc3ccc(F)c(Cl)c3)ncc2Br)n1.[H-].[Na+]. The van der Waals surface area contributed by atoms with Gasteiger partial charge in [0.1, 0.15) is 11.6 Å². The van der Waals surface area contributed by atoms with Gasteiger partial charge in [-0.2, -0.15) is 20.2 Å². The topological polar surface area (TPSA) is 156 Å². The molecule has 3 N–H and O–H groups in total. The average molecular weight is 897 g/mol. The van der Waals surface area contributed by atoms with Crippen molar-refractivity contribution in [1.29, 1.82) is 0 Å². The summed E-state index contributed by atoms with van der Waals surface area (Å²) in [6.45, 7) is 7.81. The molecule has 0 aliphatic rings. The molecule has 0 fully saturated rings. The Morgan fingerprint density at radius 1 is 0.804 bits per heavy atom. The largest absolute Gasteiger partial charge is 1.00 e. The van der Waals surface area contributed by atoms with Gasteiger partial charge >= 0.3 is 29.6 Å². The number of benzene rings is 2. The van der Waals surface area contributed by atoms with E-state index in [-0.39, 0.29) is 56.5 Å². The van der Waals surface area contributed by atoms with Gasteiger partial charge in [0.15, 0.2) is 20.7 Å². The first-order chi connectivity index (χ1) is 23.5. The number of H-pyrrole nitrogens is 1. The molecule has 0 aliphatic carbocycles. The smallest absolute Gasteiger partial charge is 1.00 e. The molecule has 0 unspecified atom stereocenters. The number of rotatable bonds is 6. The molecule has 0 saturated heterocycles. The van der Waals surface area contributed by atoms with E-state index in [0.29, 0.717) is 27.6 Å². The van der Waals surface area contributed by atoms with Crippen molar-refractivity contribution in [2.24, 2.45) is 0 Å². The number of aryl methyl sites for hydroxylation is 4. The fourth-order valence-electron chi connectivity index (χ4n) is 4.04. The zero-order valence-electron chi connectivity index (χ0n) is 28.9. The van der Waals surface area contributed by atoms with Gasteiger partial charge in [-0.25, -0.2) is 31.8 Å². The maximum Gasteiger partial charge on any atom is 1.00 e. The summed E-state index contributed by atoms with van der Waals surface area (Å²) in [6, 6.07) is 12.3. The summed E-state index contributed by atoms with van der Waals surface area (Å²) >= 11 is 17.9. The zero-order chi connectivity index (χ0) is 36.7. The van der Waals surface area contributed by atoms with Crippen molar-refractivity contribution < 1.29 is 48.2 Å². The summed E-state index contributed by atoms with van der Waals surface area (Å²) in [6.07, 6.45) is 3.99. The Bertz CT molecular complexity index is 2250. The number of halogens is 6. The summed E-state index contributed by atoms with van der Waals surface area (Å²) in [5.74, 6) is 0.0130. The van der Waals surface area contributed by atoms with E-state index in [1.165, 1.54) is 36.5 Å². The van der Waals surface area contributed by atoms with Gasteiger partial charge in [0, 0.05) is 41.4 Å². The van der Waals surface area contributed by atoms with E-state index in [0.717, 1.165) is 29.0 Å². The predicted octanol–water partition coefficient (Wildman–Crippen LogP) is 5.90. The first-order valence-electron chi connectivity index (χ1n) is 14.2. The van der Waals surface area contributed by atoms with Crippen LogP contribution in [0.1, 0.15) is 24.2 Å². The summed E-state index contributed by atoms with van der Waals surface area (Å²) in [4.78, 5) is 16.5. The number of aromatic nitrogens is 8. The number of aromatic amines is 1. The standard InChI is InChI=1S/C15H12BrClFN5.C11H8BrClFN3O2S.C5H8N2.Na.H/c1-8-5-9(2)23(22-8)14-11(16)7-19-15(21-14)20-10-3-4-13(18)12(17)6-10;1-20(18,19)10-7(12)5-15-11(17-10)16-6-2-3-9(14)8(13)4-6;1-4-3-5(2)7-6-4;;/h3-7H,1-2H3,(H,19,20,21);2-5H,1H3,(H,15,16,17);3H,1-2H3,(H,6,7);;/q;;;+1;-1. The van der Waals surface area contributed by atoms with Gasteiger partial charge in [-0.15, -0.1) is 0 Å². The van der Waals surface area contributed by atoms with E-state index in [2.05, 4.69) is 77.7 Å². The number of hydrogen-bond donors (Lipinski definition) is 3. The van der Waals surface area contributed by atoms with E-state index in [9.17, 15) is 17.2 Å². The average Bonchev–Trinajstić information content (AvgIpc) is 3.60. The summed E-state index contributed by atoms with van der Waals surface area (Å²) in [7, 11) is -3.49. The predicted molar refractivity (Wildman–Crippen MR) is 198 cm³/mol. The molecule has 0 amide bonds. The Labute approximate surface area is 343 Å². The van der Waals surface area contributed by atoms with Crippen molar-refractivity contribution in [1.82, 2.24) is 39.9 Å². The van der Waals surface area contributed by atoms with Crippen LogP contribution in [0.25, 0.3) is 5.82 Å². The van der Waals surface area contributed by atoms with E-state index >= 15 is 0 Å². The molecule has 20 heteroatoms. The normalized spacial score (nSPS) is 10.6. The number of hydrogen-bond acceptors (Lipinski definition) is 10. The minimum Gasteiger partial charge on any atom is -1.00 e. The van der Waals surface area contributed by atoms with Crippen LogP contribution in [-0.4, -0.2) is 54.6 Å². The van der Waals surface area contributed by atoms with E-state index < -0.39 is 21.5 Å². The van der Waals surface area contributed by atoms with E-state index in [4.69, 9.17) is 23.2 Å². The van der Waals surface area contributed by atoms with Gasteiger partial charge in [0.2, 0.25) is 11.9 Å². The molecule has 0 spiro atoms. The van der Waals surface area contributed by atoms with Gasteiger partial charge < -0.3 is 12.1 Å². The summed E-state index contributed by atoms with van der Waals surface area (Å²) < 4.78 is 52.0. The first kappa shape index (κ1) is 42.4. The molecule has 0 bridgehead atoms. The van der Waals surface area contributed by atoms with Crippen LogP contribution in [-0.2, 0) is 9.84 Å². The first-order valence-corrected chi connectivity index (χ1v) is 18.4. The molecule has 0 radical (unpaired) electrons. The van der Waals surface area contributed by atoms with Crippen molar-refractivity contribution in [2.45, 2.75) is 32.7 Å². The monoisotopic (exact) mass is 894 g/mol. The zero-order valence-corrected chi connectivity index (χ0v) is 35.4. The second-order valence-corrected chi connectivity index (χ2v) is 15.0. The molecule has 0 atom stereocenters. The number of sulfone groups is 1. The van der Waals surface area contributed by atoms with Crippen molar-refractivity contribution in [2.75, 3.05) is 16.9 Å². The van der Waals surface area contributed by atoms with Crippen molar-refractivity contribution in [3.63, 3.8) is 0 Å². The van der Waals surface area contributed by atoms with Crippen LogP contribution in [0.15, 0.2) is 74.9 Å². The van der Waals surface area contributed by atoms with Crippen LogP contribution in [0.5, 0.6) is 0 Å². The molecular formula is C31H29Br2Cl2F2N10NaO2S. The Kier molecular flexibility index (Phi) is 15.5. The van der Waals surface area contributed by atoms with Gasteiger partial charge in [-0.1, -0.05) is 23.2 Å². The third-order valence-electron chi connectivity index (χ3n) is 6.18. The van der Waals surface area contributed by atoms with E-state index in [1.807, 2.05) is 39.8 Å². The van der Waals surface area contributed by atoms with Crippen LogP contribution >= 0.6 is 55.1 Å². The van der Waals surface area contributed by atoms with Gasteiger partial charge in [-0.3, -0.25) is 5.10 Å².